The van der Waals surface area contributed by atoms with Gasteiger partial charge in [-0.1, -0.05) is 58.8 Å². The lowest BCUT2D eigenvalue weighted by molar-refractivity contribution is 0.0298. The highest BCUT2D eigenvalue weighted by Gasteiger charge is 2.03. The van der Waals surface area contributed by atoms with E-state index in [9.17, 15) is 5.11 Å². The maximum Gasteiger partial charge on any atom is 0.0773 e. The molecule has 0 aromatic heterocycles. The van der Waals surface area contributed by atoms with Crippen molar-refractivity contribution in [2.75, 3.05) is 13.2 Å². The van der Waals surface area contributed by atoms with E-state index in [2.05, 4.69) is 13.8 Å². The van der Waals surface area contributed by atoms with Crippen molar-refractivity contribution in [3.8, 4) is 0 Å². The zero-order valence-corrected chi connectivity index (χ0v) is 11.2. The molecule has 0 spiro atoms. The molecule has 0 saturated heterocycles. The number of aliphatic hydroxyl groups is 1. The van der Waals surface area contributed by atoms with Crippen LogP contribution in [-0.2, 0) is 4.74 Å². The number of hydrogen-bond donors (Lipinski definition) is 1. The zero-order chi connectivity index (χ0) is 12.1. The molecular weight excluding hydrogens is 200 g/mol. The van der Waals surface area contributed by atoms with Crippen LogP contribution in [0.25, 0.3) is 0 Å². The molecule has 1 N–H and O–H groups in total. The summed E-state index contributed by atoms with van der Waals surface area (Å²) in [5.74, 6) is 0. The second-order valence-corrected chi connectivity index (χ2v) is 4.64. The van der Waals surface area contributed by atoms with E-state index in [1.807, 2.05) is 0 Å². The average molecular weight is 230 g/mol. The van der Waals surface area contributed by atoms with E-state index >= 15 is 0 Å². The van der Waals surface area contributed by atoms with Crippen LogP contribution in [0.4, 0.5) is 0 Å². The summed E-state index contributed by atoms with van der Waals surface area (Å²) in [7, 11) is 0. The van der Waals surface area contributed by atoms with Gasteiger partial charge in [0.15, 0.2) is 0 Å². The molecule has 0 amide bonds. The lowest BCUT2D eigenvalue weighted by Crippen LogP contribution is -2.15. The molecule has 0 rings (SSSR count). The van der Waals surface area contributed by atoms with Crippen LogP contribution in [0.5, 0.6) is 0 Å². The fourth-order valence-electron chi connectivity index (χ4n) is 1.74. The quantitative estimate of drug-likeness (QED) is 0.515. The molecule has 1 unspecified atom stereocenters. The third-order valence-electron chi connectivity index (χ3n) is 2.84. The maximum atomic E-state index is 9.63. The van der Waals surface area contributed by atoms with Crippen molar-refractivity contribution in [2.45, 2.75) is 77.7 Å². The first-order valence-electron chi connectivity index (χ1n) is 7.07. The molecule has 0 aromatic carbocycles. The highest BCUT2D eigenvalue weighted by atomic mass is 16.5. The van der Waals surface area contributed by atoms with Crippen LogP contribution in [-0.4, -0.2) is 24.4 Å². The third-order valence-corrected chi connectivity index (χ3v) is 2.84. The van der Waals surface area contributed by atoms with Gasteiger partial charge in [-0.05, 0) is 12.8 Å². The van der Waals surface area contributed by atoms with E-state index in [4.69, 9.17) is 4.74 Å². The fourth-order valence-corrected chi connectivity index (χ4v) is 1.74. The van der Waals surface area contributed by atoms with Gasteiger partial charge in [-0.3, -0.25) is 0 Å². The van der Waals surface area contributed by atoms with Crippen LogP contribution in [0.1, 0.15) is 71.6 Å². The molecule has 0 aromatic rings. The van der Waals surface area contributed by atoms with Crippen LogP contribution in [0.15, 0.2) is 0 Å². The normalized spacial score (nSPS) is 12.9. The Bertz CT molecular complexity index is 126. The van der Waals surface area contributed by atoms with Crippen molar-refractivity contribution in [3.05, 3.63) is 0 Å². The van der Waals surface area contributed by atoms with Crippen LogP contribution < -0.4 is 0 Å². The second-order valence-electron chi connectivity index (χ2n) is 4.64. The monoisotopic (exact) mass is 230 g/mol. The van der Waals surface area contributed by atoms with E-state index in [1.165, 1.54) is 38.5 Å². The van der Waals surface area contributed by atoms with Crippen molar-refractivity contribution < 1.29 is 9.84 Å². The first-order chi connectivity index (χ1) is 7.81. The summed E-state index contributed by atoms with van der Waals surface area (Å²) >= 11 is 0. The molecule has 1 atom stereocenters. The molecule has 0 aliphatic heterocycles. The summed E-state index contributed by atoms with van der Waals surface area (Å²) < 4.78 is 5.45. The minimum absolute atomic E-state index is 0.247. The average Bonchev–Trinajstić information content (AvgIpc) is 2.29. The molecule has 0 aliphatic carbocycles. The number of rotatable bonds is 12. The SMILES string of the molecule is CCCCCCOCC(O)CCCCCC. The Labute approximate surface area is 101 Å². The Balaban J connectivity index is 3.08. The Morgan fingerprint density at radius 1 is 0.875 bits per heavy atom. The van der Waals surface area contributed by atoms with Crippen LogP contribution in [0.3, 0.4) is 0 Å². The van der Waals surface area contributed by atoms with Crippen molar-refractivity contribution in [3.63, 3.8) is 0 Å². The molecule has 98 valence electrons. The summed E-state index contributed by atoms with van der Waals surface area (Å²) in [5.41, 5.74) is 0. The minimum atomic E-state index is -0.247. The van der Waals surface area contributed by atoms with Gasteiger partial charge in [0.25, 0.3) is 0 Å². The Hall–Kier alpha value is -0.0800. The lowest BCUT2D eigenvalue weighted by atomic mass is 10.1. The van der Waals surface area contributed by atoms with E-state index in [1.54, 1.807) is 0 Å². The van der Waals surface area contributed by atoms with Crippen LogP contribution >= 0.6 is 0 Å². The molecule has 2 heteroatoms. The van der Waals surface area contributed by atoms with E-state index < -0.39 is 0 Å². The summed E-state index contributed by atoms with van der Waals surface area (Å²) in [6.45, 7) is 5.75. The summed E-state index contributed by atoms with van der Waals surface area (Å²) in [4.78, 5) is 0. The number of unbranched alkanes of at least 4 members (excludes halogenated alkanes) is 6. The number of ether oxygens (including phenoxy) is 1. The van der Waals surface area contributed by atoms with E-state index in [-0.39, 0.29) is 6.10 Å². The highest BCUT2D eigenvalue weighted by Crippen LogP contribution is 2.06. The lowest BCUT2D eigenvalue weighted by Gasteiger charge is -2.10. The predicted molar refractivity (Wildman–Crippen MR) is 69.7 cm³/mol. The second kappa shape index (κ2) is 13.0. The van der Waals surface area contributed by atoms with Crippen LogP contribution in [0.2, 0.25) is 0 Å². The first kappa shape index (κ1) is 15.9. The maximum absolute atomic E-state index is 9.63. The Morgan fingerprint density at radius 2 is 1.50 bits per heavy atom. The van der Waals surface area contributed by atoms with Gasteiger partial charge in [0.1, 0.15) is 0 Å². The summed E-state index contributed by atoms with van der Waals surface area (Å²) in [5, 5.41) is 9.63. The van der Waals surface area contributed by atoms with Gasteiger partial charge in [-0.15, -0.1) is 0 Å². The molecule has 16 heavy (non-hydrogen) atoms. The summed E-state index contributed by atoms with van der Waals surface area (Å²) in [6, 6.07) is 0. The standard InChI is InChI=1S/C14H30O2/c1-3-5-7-9-11-14(15)13-16-12-10-8-6-4-2/h14-15H,3-13H2,1-2H3. The first-order valence-corrected chi connectivity index (χ1v) is 7.07. The van der Waals surface area contributed by atoms with Gasteiger partial charge in [0.05, 0.1) is 12.7 Å². The fraction of sp³-hybridized carbons (Fsp3) is 1.00. The molecule has 0 fully saturated rings. The van der Waals surface area contributed by atoms with Crippen LogP contribution in [0, 0.1) is 0 Å². The molecule has 2 nitrogen and oxygen atoms in total. The molecule has 0 aliphatic rings. The smallest absolute Gasteiger partial charge is 0.0773 e. The number of hydrogen-bond acceptors (Lipinski definition) is 2. The molecule has 0 radical (unpaired) electrons. The van der Waals surface area contributed by atoms with Gasteiger partial charge in [-0.2, -0.15) is 0 Å². The molecule has 0 bridgehead atoms. The highest BCUT2D eigenvalue weighted by molar-refractivity contribution is 4.54. The Morgan fingerprint density at radius 3 is 2.12 bits per heavy atom. The van der Waals surface area contributed by atoms with Crippen molar-refractivity contribution in [2.24, 2.45) is 0 Å². The van der Waals surface area contributed by atoms with Gasteiger partial charge < -0.3 is 9.84 Å². The van der Waals surface area contributed by atoms with Gasteiger partial charge >= 0.3 is 0 Å². The molecule has 0 saturated carbocycles. The largest absolute Gasteiger partial charge is 0.391 e. The van der Waals surface area contributed by atoms with Crippen molar-refractivity contribution >= 4 is 0 Å². The van der Waals surface area contributed by atoms with Crippen molar-refractivity contribution in [1.29, 1.82) is 0 Å². The van der Waals surface area contributed by atoms with E-state index in [0.29, 0.717) is 6.61 Å². The molecular formula is C14H30O2. The van der Waals surface area contributed by atoms with Crippen molar-refractivity contribution in [1.82, 2.24) is 0 Å². The number of aliphatic hydroxyl groups excluding tert-OH is 1. The molecule has 0 heterocycles. The topological polar surface area (TPSA) is 29.5 Å². The Kier molecular flexibility index (Phi) is 12.9. The predicted octanol–water partition coefficient (Wildman–Crippen LogP) is 3.91. The van der Waals surface area contributed by atoms with Gasteiger partial charge in [-0.25, -0.2) is 0 Å². The zero-order valence-electron chi connectivity index (χ0n) is 11.2. The third kappa shape index (κ3) is 12.0. The minimum Gasteiger partial charge on any atom is -0.391 e. The van der Waals surface area contributed by atoms with Gasteiger partial charge in [0.2, 0.25) is 0 Å². The van der Waals surface area contributed by atoms with E-state index in [0.717, 1.165) is 25.9 Å². The summed E-state index contributed by atoms with van der Waals surface area (Å²) in [6.07, 6.45) is 10.5. The van der Waals surface area contributed by atoms with Gasteiger partial charge in [0, 0.05) is 6.61 Å².